The highest BCUT2D eigenvalue weighted by Gasteiger charge is 2.28. The summed E-state index contributed by atoms with van der Waals surface area (Å²) < 4.78 is 5.96. The summed E-state index contributed by atoms with van der Waals surface area (Å²) in [6.07, 6.45) is 0. The number of ether oxygens (including phenoxy) is 1. The van der Waals surface area contributed by atoms with Crippen molar-refractivity contribution in [1.82, 2.24) is 5.32 Å². The molecule has 2 aliphatic rings. The number of benzene rings is 1. The number of hydrogen-bond donors (Lipinski definition) is 1. The minimum absolute atomic E-state index is 0.108. The molecule has 0 saturated carbocycles. The average molecular weight is 275 g/mol. The Bertz CT molecular complexity index is 512. The number of fused-ring (bicyclic) bond motifs is 1. The van der Waals surface area contributed by atoms with E-state index in [9.17, 15) is 4.79 Å². The van der Waals surface area contributed by atoms with E-state index in [0.717, 1.165) is 43.3 Å². The highest BCUT2D eigenvalue weighted by atomic mass is 16.5. The van der Waals surface area contributed by atoms with Gasteiger partial charge < -0.3 is 19.9 Å². The van der Waals surface area contributed by atoms with Gasteiger partial charge in [-0.3, -0.25) is 4.79 Å². The fourth-order valence-corrected chi connectivity index (χ4v) is 2.81. The van der Waals surface area contributed by atoms with Gasteiger partial charge in [-0.1, -0.05) is 13.0 Å². The van der Waals surface area contributed by atoms with E-state index in [1.165, 1.54) is 0 Å². The van der Waals surface area contributed by atoms with Crippen LogP contribution >= 0.6 is 0 Å². The van der Waals surface area contributed by atoms with Crippen molar-refractivity contribution in [1.29, 1.82) is 0 Å². The average Bonchev–Trinajstić information content (AvgIpc) is 2.61. The third-order valence-corrected chi connectivity index (χ3v) is 4.02. The summed E-state index contributed by atoms with van der Waals surface area (Å²) in [5, 5.41) is 3.35. The van der Waals surface area contributed by atoms with Gasteiger partial charge in [-0.2, -0.15) is 0 Å². The van der Waals surface area contributed by atoms with Crippen LogP contribution in [0.5, 0.6) is 5.75 Å². The van der Waals surface area contributed by atoms with Crippen LogP contribution in [0.3, 0.4) is 0 Å². The van der Waals surface area contributed by atoms with Crippen LogP contribution in [-0.4, -0.2) is 45.7 Å². The summed E-state index contributed by atoms with van der Waals surface area (Å²) in [6, 6.07) is 6.04. The molecule has 2 aliphatic heterocycles. The van der Waals surface area contributed by atoms with Crippen LogP contribution in [0.25, 0.3) is 0 Å². The van der Waals surface area contributed by atoms with Gasteiger partial charge in [0.05, 0.1) is 23.9 Å². The second-order valence-electron chi connectivity index (χ2n) is 5.47. The topological polar surface area (TPSA) is 44.8 Å². The smallest absolute Gasteiger partial charge is 0.233 e. The molecule has 1 saturated heterocycles. The van der Waals surface area contributed by atoms with Crippen molar-refractivity contribution < 1.29 is 9.53 Å². The number of nitrogens with zero attached hydrogens (tertiary/aromatic N) is 2. The van der Waals surface area contributed by atoms with E-state index in [0.29, 0.717) is 6.61 Å². The molecule has 0 bridgehead atoms. The Morgan fingerprint density at radius 3 is 2.70 bits per heavy atom. The highest BCUT2D eigenvalue weighted by Crippen LogP contribution is 2.40. The van der Waals surface area contributed by atoms with Gasteiger partial charge in [0.2, 0.25) is 5.91 Å². The third kappa shape index (κ3) is 2.22. The summed E-state index contributed by atoms with van der Waals surface area (Å²) in [5.74, 6) is 0.846. The van der Waals surface area contributed by atoms with Gasteiger partial charge in [0, 0.05) is 33.2 Å². The summed E-state index contributed by atoms with van der Waals surface area (Å²) in [6.45, 7) is 6.25. The lowest BCUT2D eigenvalue weighted by Gasteiger charge is -2.31. The molecule has 1 atom stereocenters. The number of carbonyl (C=O) groups is 1. The first-order valence-corrected chi connectivity index (χ1v) is 7.17. The van der Waals surface area contributed by atoms with Gasteiger partial charge in [0.15, 0.2) is 5.75 Å². The Kier molecular flexibility index (Phi) is 3.53. The fraction of sp³-hybridized carbons (Fsp3) is 0.533. The van der Waals surface area contributed by atoms with Gasteiger partial charge in [0.25, 0.3) is 0 Å². The summed E-state index contributed by atoms with van der Waals surface area (Å²) in [4.78, 5) is 16.3. The Hall–Kier alpha value is -1.75. The maximum atomic E-state index is 12.2. The molecule has 3 rings (SSSR count). The maximum absolute atomic E-state index is 12.2. The Labute approximate surface area is 119 Å². The molecule has 0 aromatic heterocycles. The van der Waals surface area contributed by atoms with Crippen LogP contribution in [0, 0.1) is 5.92 Å². The number of nitrogens with one attached hydrogen (secondary N) is 1. The molecule has 108 valence electrons. The lowest BCUT2D eigenvalue weighted by atomic mass is 10.1. The second kappa shape index (κ2) is 5.32. The molecule has 1 fully saturated rings. The highest BCUT2D eigenvalue weighted by molar-refractivity contribution is 5.97. The maximum Gasteiger partial charge on any atom is 0.233 e. The van der Waals surface area contributed by atoms with Crippen LogP contribution in [0.2, 0.25) is 0 Å². The molecule has 5 nitrogen and oxygen atoms in total. The number of carbonyl (C=O) groups excluding carboxylic acids is 1. The predicted molar refractivity (Wildman–Crippen MR) is 79.6 cm³/mol. The summed E-state index contributed by atoms with van der Waals surface area (Å²) in [7, 11) is 1.83. The first kappa shape index (κ1) is 13.2. The molecule has 1 unspecified atom stereocenters. The van der Waals surface area contributed by atoms with Crippen LogP contribution in [0.1, 0.15) is 6.92 Å². The van der Waals surface area contributed by atoms with Crippen LogP contribution in [0.15, 0.2) is 18.2 Å². The molecular weight excluding hydrogens is 254 g/mol. The largest absolute Gasteiger partial charge is 0.488 e. The number of amides is 1. The monoisotopic (exact) mass is 275 g/mol. The van der Waals surface area contributed by atoms with E-state index >= 15 is 0 Å². The first-order valence-electron chi connectivity index (χ1n) is 7.17. The zero-order chi connectivity index (χ0) is 14.1. The minimum Gasteiger partial charge on any atom is -0.488 e. The van der Waals surface area contributed by atoms with Crippen molar-refractivity contribution in [2.75, 3.05) is 49.6 Å². The van der Waals surface area contributed by atoms with E-state index in [1.807, 2.05) is 26.1 Å². The Balaban J connectivity index is 2.00. The molecule has 0 aliphatic carbocycles. The molecule has 1 aromatic rings. The molecule has 0 spiro atoms. The van der Waals surface area contributed by atoms with Crippen molar-refractivity contribution in [2.24, 2.45) is 5.92 Å². The van der Waals surface area contributed by atoms with Crippen molar-refractivity contribution in [3.63, 3.8) is 0 Å². The zero-order valence-electron chi connectivity index (χ0n) is 12.1. The molecule has 1 amide bonds. The Morgan fingerprint density at radius 2 is 1.95 bits per heavy atom. The number of hydrogen-bond acceptors (Lipinski definition) is 4. The zero-order valence-corrected chi connectivity index (χ0v) is 12.1. The number of rotatable bonds is 1. The molecular formula is C15H21N3O2. The van der Waals surface area contributed by atoms with Gasteiger partial charge in [-0.25, -0.2) is 0 Å². The van der Waals surface area contributed by atoms with Gasteiger partial charge >= 0.3 is 0 Å². The van der Waals surface area contributed by atoms with Gasteiger partial charge in [-0.05, 0) is 12.1 Å². The minimum atomic E-state index is -0.108. The number of anilines is 2. The number of piperazine rings is 1. The first-order chi connectivity index (χ1) is 9.68. The van der Waals surface area contributed by atoms with Crippen molar-refractivity contribution in [3.8, 4) is 5.75 Å². The van der Waals surface area contributed by atoms with Gasteiger partial charge in [-0.15, -0.1) is 0 Å². The number of para-hydroxylation sites is 1. The molecule has 0 radical (unpaired) electrons. The fourth-order valence-electron chi connectivity index (χ4n) is 2.81. The lowest BCUT2D eigenvalue weighted by molar-refractivity contribution is -0.122. The van der Waals surface area contributed by atoms with E-state index in [4.69, 9.17) is 4.74 Å². The van der Waals surface area contributed by atoms with Gasteiger partial charge in [0.1, 0.15) is 0 Å². The SMILES string of the molecule is CC1COc2c(N3CCNCC3)cccc2N(C)C1=O. The third-order valence-electron chi connectivity index (χ3n) is 4.02. The molecule has 1 N–H and O–H groups in total. The van der Waals surface area contributed by atoms with Crippen molar-refractivity contribution in [2.45, 2.75) is 6.92 Å². The second-order valence-corrected chi connectivity index (χ2v) is 5.47. The molecule has 5 heteroatoms. The van der Waals surface area contributed by atoms with E-state index < -0.39 is 0 Å². The van der Waals surface area contributed by atoms with Crippen LogP contribution < -0.4 is 19.9 Å². The molecule has 2 heterocycles. The van der Waals surface area contributed by atoms with Crippen LogP contribution in [0.4, 0.5) is 11.4 Å². The van der Waals surface area contributed by atoms with E-state index in [2.05, 4.69) is 16.3 Å². The van der Waals surface area contributed by atoms with Crippen LogP contribution in [-0.2, 0) is 4.79 Å². The summed E-state index contributed by atoms with van der Waals surface area (Å²) >= 11 is 0. The van der Waals surface area contributed by atoms with Crippen molar-refractivity contribution in [3.05, 3.63) is 18.2 Å². The standard InChI is InChI=1S/C15H21N3O2/c1-11-10-20-14-12(17(2)15(11)19)4-3-5-13(14)18-8-6-16-7-9-18/h3-5,11,16H,6-10H2,1-2H3. The molecule has 20 heavy (non-hydrogen) atoms. The van der Waals surface area contributed by atoms with E-state index in [-0.39, 0.29) is 11.8 Å². The summed E-state index contributed by atoms with van der Waals surface area (Å²) in [5.41, 5.74) is 1.97. The van der Waals surface area contributed by atoms with Crippen molar-refractivity contribution >= 4 is 17.3 Å². The van der Waals surface area contributed by atoms with E-state index in [1.54, 1.807) is 4.90 Å². The normalized spacial score (nSPS) is 23.1. The molecule has 1 aromatic carbocycles. The predicted octanol–water partition coefficient (Wildman–Crippen LogP) is 1.09. The lowest BCUT2D eigenvalue weighted by Crippen LogP contribution is -2.43. The quantitative estimate of drug-likeness (QED) is 0.833. The Morgan fingerprint density at radius 1 is 1.25 bits per heavy atom.